The topological polar surface area (TPSA) is 75.8 Å². The summed E-state index contributed by atoms with van der Waals surface area (Å²) in [4.78, 5) is 14.5. The van der Waals surface area contributed by atoms with E-state index in [1.165, 1.54) is 10.4 Å². The summed E-state index contributed by atoms with van der Waals surface area (Å²) in [6, 6.07) is 2.24. The summed E-state index contributed by atoms with van der Waals surface area (Å²) in [6.07, 6.45) is 1.48. The molecular formula is C15H21ClN2O3S. The Morgan fingerprint density at radius 3 is 3.18 bits per heavy atom. The Morgan fingerprint density at radius 1 is 1.73 bits per heavy atom. The van der Waals surface area contributed by atoms with Crippen molar-refractivity contribution in [2.45, 2.75) is 43.9 Å². The van der Waals surface area contributed by atoms with Crippen molar-refractivity contribution in [1.29, 1.82) is 0 Å². The van der Waals surface area contributed by atoms with Crippen molar-refractivity contribution in [1.82, 2.24) is 4.90 Å². The number of thiophene rings is 1. The number of carbonyl (C=O) groups excluding carboxylic acids is 1. The van der Waals surface area contributed by atoms with Crippen LogP contribution in [0.1, 0.15) is 30.2 Å². The molecule has 22 heavy (non-hydrogen) atoms. The minimum absolute atomic E-state index is 0.201. The Bertz CT molecular complexity index is 579. The van der Waals surface area contributed by atoms with Crippen LogP contribution in [0.4, 0.5) is 0 Å². The van der Waals surface area contributed by atoms with Crippen LogP contribution >= 0.6 is 22.9 Å². The Labute approximate surface area is 139 Å². The predicted molar refractivity (Wildman–Crippen MR) is 86.1 cm³/mol. The maximum atomic E-state index is 11.0. The number of ether oxygens (including phenoxy) is 1. The van der Waals surface area contributed by atoms with Crippen LogP contribution in [0.5, 0.6) is 0 Å². The number of halogens is 1. The lowest BCUT2D eigenvalue weighted by atomic mass is 9.79. The fraction of sp³-hybridized carbons (Fsp3) is 0.667. The predicted octanol–water partition coefficient (Wildman–Crippen LogP) is 1.50. The minimum atomic E-state index is -1.12. The van der Waals surface area contributed by atoms with Crippen LogP contribution in [-0.4, -0.2) is 47.8 Å². The molecule has 2 aliphatic rings. The number of nitrogens with zero attached hydrogens (tertiary/aromatic N) is 1. The standard InChI is InChI=1S/C15H21ClN2O3S/c1-9-7-15(3-4-18(9)8-11(19)14(17)20)10-6-13(16)22-12(10)2-5-21-15/h6,9,11,19H,2-5,7-8H2,1H3,(H2,17,20)/t9-,11-,15+/m0/s1. The molecular weight excluding hydrogens is 324 g/mol. The molecule has 122 valence electrons. The number of likely N-dealkylation sites (tertiary alicyclic amines) is 1. The number of aliphatic hydroxyl groups excluding tert-OH is 1. The smallest absolute Gasteiger partial charge is 0.247 e. The van der Waals surface area contributed by atoms with Crippen LogP contribution in [-0.2, 0) is 21.6 Å². The summed E-state index contributed by atoms with van der Waals surface area (Å²) in [7, 11) is 0. The highest BCUT2D eigenvalue weighted by molar-refractivity contribution is 7.16. The number of hydrogen-bond donors (Lipinski definition) is 2. The fourth-order valence-electron chi connectivity index (χ4n) is 3.60. The lowest BCUT2D eigenvalue weighted by Crippen LogP contribution is -2.53. The van der Waals surface area contributed by atoms with Gasteiger partial charge in [-0.3, -0.25) is 9.69 Å². The molecule has 1 fully saturated rings. The number of hydrogen-bond acceptors (Lipinski definition) is 5. The molecule has 3 rings (SSSR count). The lowest BCUT2D eigenvalue weighted by Gasteiger charge is -2.47. The average molecular weight is 345 g/mol. The zero-order valence-electron chi connectivity index (χ0n) is 12.5. The second-order valence-electron chi connectivity index (χ2n) is 6.20. The Balaban J connectivity index is 1.76. The largest absolute Gasteiger partial charge is 0.382 e. The van der Waals surface area contributed by atoms with Gasteiger partial charge in [-0.25, -0.2) is 0 Å². The van der Waals surface area contributed by atoms with Gasteiger partial charge in [0.1, 0.15) is 6.10 Å². The molecule has 0 radical (unpaired) electrons. The van der Waals surface area contributed by atoms with Crippen molar-refractivity contribution in [2.24, 2.45) is 5.73 Å². The van der Waals surface area contributed by atoms with Gasteiger partial charge in [0.25, 0.3) is 0 Å². The molecule has 1 spiro atoms. The van der Waals surface area contributed by atoms with E-state index >= 15 is 0 Å². The summed E-state index contributed by atoms with van der Waals surface area (Å²) in [6.45, 7) is 3.86. The monoisotopic (exact) mass is 344 g/mol. The fourth-order valence-corrected chi connectivity index (χ4v) is 4.94. The van der Waals surface area contributed by atoms with E-state index in [1.807, 2.05) is 6.07 Å². The van der Waals surface area contributed by atoms with Crippen molar-refractivity contribution in [3.05, 3.63) is 20.8 Å². The Morgan fingerprint density at radius 2 is 2.50 bits per heavy atom. The highest BCUT2D eigenvalue weighted by Crippen LogP contribution is 2.46. The van der Waals surface area contributed by atoms with E-state index < -0.39 is 12.0 Å². The minimum Gasteiger partial charge on any atom is -0.382 e. The SMILES string of the molecule is C[C@H]1C[C@@]2(CCN1C[C@H](O)C(N)=O)OCCc1sc(Cl)cc12. The van der Waals surface area contributed by atoms with Crippen LogP contribution < -0.4 is 5.73 Å². The van der Waals surface area contributed by atoms with Gasteiger partial charge in [0, 0.05) is 30.4 Å². The third-order valence-electron chi connectivity index (χ3n) is 4.76. The second-order valence-corrected chi connectivity index (χ2v) is 7.96. The van der Waals surface area contributed by atoms with E-state index in [9.17, 15) is 9.90 Å². The van der Waals surface area contributed by atoms with Crippen molar-refractivity contribution in [3.8, 4) is 0 Å². The average Bonchev–Trinajstić information content (AvgIpc) is 2.84. The van der Waals surface area contributed by atoms with E-state index in [0.29, 0.717) is 0 Å². The number of aliphatic hydroxyl groups is 1. The summed E-state index contributed by atoms with van der Waals surface area (Å²) in [5.74, 6) is -0.673. The van der Waals surface area contributed by atoms with Crippen LogP contribution in [0.3, 0.4) is 0 Å². The van der Waals surface area contributed by atoms with Crippen molar-refractivity contribution in [3.63, 3.8) is 0 Å². The number of rotatable bonds is 3. The second kappa shape index (κ2) is 6.09. The highest BCUT2D eigenvalue weighted by Gasteiger charge is 2.44. The van der Waals surface area contributed by atoms with Gasteiger partial charge < -0.3 is 15.6 Å². The first-order chi connectivity index (χ1) is 10.4. The first kappa shape index (κ1) is 16.2. The Hall–Kier alpha value is -0.660. The Kier molecular flexibility index (Phi) is 4.49. The number of β-amino-alcohol motifs (C(OH)–C–C–N with tert-alkyl or cyclic N) is 1. The molecule has 3 N–H and O–H groups in total. The van der Waals surface area contributed by atoms with E-state index in [1.54, 1.807) is 11.3 Å². The summed E-state index contributed by atoms with van der Waals surface area (Å²) in [5.41, 5.74) is 6.11. The van der Waals surface area contributed by atoms with Gasteiger partial charge in [-0.15, -0.1) is 11.3 Å². The molecule has 1 aromatic heterocycles. The quantitative estimate of drug-likeness (QED) is 0.871. The third-order valence-corrected chi connectivity index (χ3v) is 6.09. The number of carbonyl (C=O) groups is 1. The number of piperidine rings is 1. The summed E-state index contributed by atoms with van der Waals surface area (Å²) >= 11 is 7.84. The summed E-state index contributed by atoms with van der Waals surface area (Å²) < 4.78 is 7.00. The van der Waals surface area contributed by atoms with Gasteiger partial charge in [0.2, 0.25) is 5.91 Å². The molecule has 1 amide bonds. The van der Waals surface area contributed by atoms with E-state index in [-0.39, 0.29) is 18.2 Å². The van der Waals surface area contributed by atoms with Gasteiger partial charge in [0.05, 0.1) is 16.5 Å². The number of nitrogens with two attached hydrogens (primary N) is 1. The zero-order valence-corrected chi connectivity index (χ0v) is 14.1. The van der Waals surface area contributed by atoms with Crippen LogP contribution in [0, 0.1) is 0 Å². The molecule has 7 heteroatoms. The molecule has 3 heterocycles. The molecule has 0 bridgehead atoms. The molecule has 0 unspecified atom stereocenters. The zero-order chi connectivity index (χ0) is 15.9. The van der Waals surface area contributed by atoms with Gasteiger partial charge in [-0.2, -0.15) is 0 Å². The highest BCUT2D eigenvalue weighted by atomic mass is 35.5. The van der Waals surface area contributed by atoms with Crippen LogP contribution in [0.25, 0.3) is 0 Å². The maximum Gasteiger partial charge on any atom is 0.247 e. The third kappa shape index (κ3) is 2.90. The molecule has 0 aliphatic carbocycles. The van der Waals surface area contributed by atoms with Crippen molar-refractivity contribution in [2.75, 3.05) is 19.7 Å². The molecule has 0 aromatic carbocycles. The van der Waals surface area contributed by atoms with E-state index in [0.717, 1.165) is 36.8 Å². The normalized spacial score (nSPS) is 30.2. The van der Waals surface area contributed by atoms with Crippen molar-refractivity contribution < 1.29 is 14.6 Å². The number of fused-ring (bicyclic) bond motifs is 2. The van der Waals surface area contributed by atoms with E-state index in [4.69, 9.17) is 22.1 Å². The summed E-state index contributed by atoms with van der Waals surface area (Å²) in [5, 5.41) is 9.70. The van der Waals surface area contributed by atoms with Crippen molar-refractivity contribution >= 4 is 28.8 Å². The first-order valence-electron chi connectivity index (χ1n) is 7.55. The molecule has 2 aliphatic heterocycles. The molecule has 3 atom stereocenters. The first-order valence-corrected chi connectivity index (χ1v) is 8.75. The van der Waals surface area contributed by atoms with E-state index in [2.05, 4.69) is 11.8 Å². The van der Waals surface area contributed by atoms with Crippen LogP contribution in [0.15, 0.2) is 6.07 Å². The maximum absolute atomic E-state index is 11.0. The molecule has 1 saturated heterocycles. The van der Waals surface area contributed by atoms with Gasteiger partial charge in [0.15, 0.2) is 0 Å². The number of amides is 1. The molecule has 0 saturated carbocycles. The van der Waals surface area contributed by atoms with Gasteiger partial charge in [-0.1, -0.05) is 11.6 Å². The van der Waals surface area contributed by atoms with Gasteiger partial charge >= 0.3 is 0 Å². The lowest BCUT2D eigenvalue weighted by molar-refractivity contribution is -0.131. The molecule has 5 nitrogen and oxygen atoms in total. The van der Waals surface area contributed by atoms with Crippen LogP contribution in [0.2, 0.25) is 4.34 Å². The van der Waals surface area contributed by atoms with Gasteiger partial charge in [-0.05, 0) is 31.4 Å². The number of primary amides is 1. The molecule has 1 aromatic rings.